The first-order valence-electron chi connectivity index (χ1n) is 15.2. The molecule has 0 amide bonds. The van der Waals surface area contributed by atoms with Crippen molar-refractivity contribution >= 4 is 0 Å². The molecule has 1 saturated heterocycles. The highest BCUT2D eigenvalue weighted by molar-refractivity contribution is 5.31. The van der Waals surface area contributed by atoms with Gasteiger partial charge >= 0.3 is 0 Å². The fourth-order valence-corrected chi connectivity index (χ4v) is 11.8. The van der Waals surface area contributed by atoms with E-state index in [0.717, 1.165) is 51.5 Å². The number of rotatable bonds is 6. The van der Waals surface area contributed by atoms with Gasteiger partial charge in [0.2, 0.25) is 0 Å². The molecule has 2 N–H and O–H groups in total. The summed E-state index contributed by atoms with van der Waals surface area (Å²) in [5, 5.41) is 15.3. The Morgan fingerprint density at radius 1 is 1.03 bits per heavy atom. The summed E-state index contributed by atoms with van der Waals surface area (Å²) < 4.78 is 18.1. The normalized spacial score (nSPS) is 54.1. The van der Waals surface area contributed by atoms with Gasteiger partial charge < -0.3 is 24.6 Å². The summed E-state index contributed by atoms with van der Waals surface area (Å²) in [5.41, 5.74) is 1.34. The summed E-state index contributed by atoms with van der Waals surface area (Å²) in [4.78, 5) is 0. The van der Waals surface area contributed by atoms with Crippen molar-refractivity contribution in [1.82, 2.24) is 5.32 Å². The largest absolute Gasteiger partial charge is 0.393 e. The molecule has 0 radical (unpaired) electrons. The number of methoxy groups -OCH3 is 1. The zero-order valence-corrected chi connectivity index (χ0v) is 23.9. The van der Waals surface area contributed by atoms with Gasteiger partial charge in [-0.1, -0.05) is 34.6 Å². The van der Waals surface area contributed by atoms with E-state index in [1.54, 1.807) is 0 Å². The third-order valence-electron chi connectivity index (χ3n) is 13.9. The van der Waals surface area contributed by atoms with Crippen LogP contribution < -0.4 is 5.32 Å². The van der Waals surface area contributed by atoms with Crippen molar-refractivity contribution in [1.29, 1.82) is 0 Å². The second-order valence-corrected chi connectivity index (χ2v) is 15.0. The maximum Gasteiger partial charge on any atom is 0.170 e. The summed E-state index contributed by atoms with van der Waals surface area (Å²) in [6.45, 7) is 15.8. The Balaban J connectivity index is 1.25. The van der Waals surface area contributed by atoms with Crippen LogP contribution in [0.1, 0.15) is 92.4 Å². The van der Waals surface area contributed by atoms with Crippen LogP contribution in [0.3, 0.4) is 0 Å². The highest BCUT2D eigenvalue weighted by Gasteiger charge is 2.83. The smallest absolute Gasteiger partial charge is 0.170 e. The number of morpholine rings is 1. The van der Waals surface area contributed by atoms with Crippen molar-refractivity contribution < 1.29 is 19.3 Å². The van der Waals surface area contributed by atoms with Crippen LogP contribution in [0.25, 0.3) is 0 Å². The number of aliphatic hydroxyl groups is 1. The number of hydrogen-bond donors (Lipinski definition) is 2. The molecule has 1 aliphatic heterocycles. The van der Waals surface area contributed by atoms with Gasteiger partial charge in [0, 0.05) is 32.2 Å². The number of ether oxygens (including phenoxy) is 3. The molecule has 5 saturated carbocycles. The first-order chi connectivity index (χ1) is 17.1. The Morgan fingerprint density at radius 2 is 1.78 bits per heavy atom. The molecule has 2 spiro atoms. The minimum Gasteiger partial charge on any atom is -0.393 e. The van der Waals surface area contributed by atoms with Gasteiger partial charge in [0.15, 0.2) is 6.29 Å². The van der Waals surface area contributed by atoms with E-state index in [9.17, 15) is 5.11 Å². The number of fused-ring (bicyclic) bond motifs is 2. The van der Waals surface area contributed by atoms with E-state index in [2.05, 4.69) is 39.9 Å². The van der Waals surface area contributed by atoms with Gasteiger partial charge in [-0.25, -0.2) is 0 Å². The SMILES string of the molecule is COCC[C@@H](C)[C@H]1C[C@H](O)C2(C)C3CC[C@H]4C(C)(C)[C@@H](O[C@H]5CNCCO5)CC[C@@]45CC35CC[C@]12C. The Hall–Kier alpha value is -0.200. The maximum absolute atomic E-state index is 11.8. The van der Waals surface area contributed by atoms with Crippen molar-refractivity contribution in [3.8, 4) is 0 Å². The average molecular weight is 504 g/mol. The molecule has 6 fully saturated rings. The Morgan fingerprint density at radius 3 is 2.50 bits per heavy atom. The van der Waals surface area contributed by atoms with Gasteiger partial charge in [0.25, 0.3) is 0 Å². The van der Waals surface area contributed by atoms with Crippen LogP contribution in [0.15, 0.2) is 0 Å². The van der Waals surface area contributed by atoms with Crippen molar-refractivity contribution in [2.45, 2.75) is 111 Å². The van der Waals surface area contributed by atoms with Crippen molar-refractivity contribution in [2.75, 3.05) is 33.4 Å². The molecule has 0 aromatic carbocycles. The molecular formula is C31H53NO4. The lowest BCUT2D eigenvalue weighted by atomic mass is 9.41. The van der Waals surface area contributed by atoms with Crippen LogP contribution >= 0.6 is 0 Å². The minimum atomic E-state index is -0.169. The van der Waals surface area contributed by atoms with Gasteiger partial charge in [-0.2, -0.15) is 0 Å². The molecule has 36 heavy (non-hydrogen) atoms. The highest BCUT2D eigenvalue weighted by Crippen LogP contribution is 2.89. The third kappa shape index (κ3) is 3.25. The number of aliphatic hydroxyl groups excluding tert-OH is 1. The topological polar surface area (TPSA) is 60.0 Å². The van der Waals surface area contributed by atoms with Gasteiger partial charge in [0.1, 0.15) is 0 Å². The molecule has 3 unspecified atom stereocenters. The van der Waals surface area contributed by atoms with Crippen LogP contribution in [0.2, 0.25) is 0 Å². The van der Waals surface area contributed by atoms with Crippen molar-refractivity contribution in [3.63, 3.8) is 0 Å². The van der Waals surface area contributed by atoms with Crippen LogP contribution in [0, 0.1) is 50.7 Å². The van der Waals surface area contributed by atoms with Crippen molar-refractivity contribution in [3.05, 3.63) is 0 Å². The molecule has 0 bridgehead atoms. The van der Waals surface area contributed by atoms with Crippen LogP contribution in [-0.4, -0.2) is 57.0 Å². The molecule has 0 aromatic rings. The van der Waals surface area contributed by atoms with E-state index in [1.165, 1.54) is 38.5 Å². The summed E-state index contributed by atoms with van der Waals surface area (Å²) in [7, 11) is 1.82. The first-order valence-corrected chi connectivity index (χ1v) is 15.2. The molecule has 11 atom stereocenters. The Kier molecular flexibility index (Phi) is 6.26. The summed E-state index contributed by atoms with van der Waals surface area (Å²) in [6, 6.07) is 0. The zero-order valence-electron chi connectivity index (χ0n) is 23.9. The van der Waals surface area contributed by atoms with Gasteiger partial charge in [-0.3, -0.25) is 0 Å². The molecule has 1 heterocycles. The van der Waals surface area contributed by atoms with Gasteiger partial charge in [-0.05, 0) is 103 Å². The minimum absolute atomic E-state index is 0.0326. The predicted octanol–water partition coefficient (Wildman–Crippen LogP) is 5.40. The van der Waals surface area contributed by atoms with Crippen molar-refractivity contribution in [2.24, 2.45) is 50.7 Å². The summed E-state index contributed by atoms with van der Waals surface area (Å²) >= 11 is 0. The molecule has 206 valence electrons. The molecule has 5 aliphatic carbocycles. The van der Waals surface area contributed by atoms with Crippen LogP contribution in [0.4, 0.5) is 0 Å². The second kappa shape index (κ2) is 8.65. The zero-order chi connectivity index (χ0) is 25.6. The average Bonchev–Trinajstić information content (AvgIpc) is 3.48. The van der Waals surface area contributed by atoms with E-state index < -0.39 is 0 Å². The van der Waals surface area contributed by atoms with E-state index in [4.69, 9.17) is 14.2 Å². The molecule has 6 aliphatic rings. The first kappa shape index (κ1) is 26.0. The quantitative estimate of drug-likeness (QED) is 0.508. The lowest BCUT2D eigenvalue weighted by molar-refractivity contribution is -0.237. The molecule has 0 aromatic heterocycles. The maximum atomic E-state index is 11.8. The Bertz CT molecular complexity index is 842. The summed E-state index contributed by atoms with van der Waals surface area (Å²) in [5.74, 6) is 2.59. The van der Waals surface area contributed by atoms with E-state index >= 15 is 0 Å². The monoisotopic (exact) mass is 503 g/mol. The fraction of sp³-hybridized carbons (Fsp3) is 1.00. The number of nitrogens with one attached hydrogen (secondary N) is 1. The van der Waals surface area contributed by atoms with E-state index in [0.29, 0.717) is 28.6 Å². The lowest BCUT2D eigenvalue weighted by Crippen LogP contribution is -2.60. The number of hydrogen-bond acceptors (Lipinski definition) is 5. The molecular weight excluding hydrogens is 450 g/mol. The van der Waals surface area contributed by atoms with Gasteiger partial charge in [-0.15, -0.1) is 0 Å². The fourth-order valence-electron chi connectivity index (χ4n) is 11.8. The molecule has 5 nitrogen and oxygen atoms in total. The van der Waals surface area contributed by atoms with E-state index in [-0.39, 0.29) is 34.7 Å². The predicted molar refractivity (Wildman–Crippen MR) is 141 cm³/mol. The lowest BCUT2D eigenvalue weighted by Gasteiger charge is -2.64. The molecule has 5 heteroatoms. The van der Waals surface area contributed by atoms with Crippen LogP contribution in [0.5, 0.6) is 0 Å². The standard InChI is InChI=1S/C31H53NO4/c1-20(10-15-34-6)21-17-24(33)29(5)23-8-7-22-27(2,3)25(36-26-18-32-14-16-35-26)9-11-30(22)19-31(23,30)13-12-28(21,29)4/h20-26,32-33H,7-19H2,1-6H3/t20-,21-,22+,23?,24+,25+,26+,28-,29?,30-,31?/m1/s1. The summed E-state index contributed by atoms with van der Waals surface area (Å²) in [6.07, 6.45) is 11.2. The van der Waals surface area contributed by atoms with E-state index in [1.807, 2.05) is 7.11 Å². The molecule has 6 rings (SSSR count). The second-order valence-electron chi connectivity index (χ2n) is 15.0. The third-order valence-corrected chi connectivity index (χ3v) is 13.9. The van der Waals surface area contributed by atoms with Gasteiger partial charge in [0.05, 0.1) is 18.8 Å². The van der Waals surface area contributed by atoms with Crippen LogP contribution in [-0.2, 0) is 14.2 Å². The Labute approximate surface area is 219 Å². The highest BCUT2D eigenvalue weighted by atomic mass is 16.7.